The van der Waals surface area contributed by atoms with Crippen LogP contribution in [0.5, 0.6) is 11.5 Å². The van der Waals surface area contributed by atoms with E-state index in [1.807, 2.05) is 48.5 Å². The summed E-state index contributed by atoms with van der Waals surface area (Å²) in [7, 11) is 3.21. The standard InChI is InChI=1S/C27H34N6O4/c1-19(27(35)28-22-7-5-4-6-8-22)32(17-20-9-13-23(36-2)14-10-20)25(34)18-33-30-26(29-31-33)21-11-15-24(37-3)16-12-21/h9-16,19,22H,4-8,17-18H2,1-3H3,(H,28,35). The molecule has 3 aromatic rings. The van der Waals surface area contributed by atoms with E-state index in [1.54, 1.807) is 26.0 Å². The van der Waals surface area contributed by atoms with Crippen molar-refractivity contribution in [1.29, 1.82) is 0 Å². The first-order valence-corrected chi connectivity index (χ1v) is 12.6. The second-order valence-electron chi connectivity index (χ2n) is 9.26. The summed E-state index contributed by atoms with van der Waals surface area (Å²) in [5, 5.41) is 15.7. The fourth-order valence-corrected chi connectivity index (χ4v) is 4.46. The molecule has 2 amide bonds. The lowest BCUT2D eigenvalue weighted by Gasteiger charge is -2.31. The van der Waals surface area contributed by atoms with Crippen molar-refractivity contribution in [2.75, 3.05) is 14.2 Å². The van der Waals surface area contributed by atoms with Gasteiger partial charge in [-0.15, -0.1) is 10.2 Å². The maximum absolute atomic E-state index is 13.5. The molecule has 37 heavy (non-hydrogen) atoms. The smallest absolute Gasteiger partial charge is 0.247 e. The number of hydrogen-bond acceptors (Lipinski definition) is 7. The molecule has 1 heterocycles. The number of benzene rings is 2. The van der Waals surface area contributed by atoms with Gasteiger partial charge >= 0.3 is 0 Å². The molecule has 1 saturated carbocycles. The zero-order chi connectivity index (χ0) is 26.2. The van der Waals surface area contributed by atoms with Crippen LogP contribution in [0.2, 0.25) is 0 Å². The van der Waals surface area contributed by atoms with Crippen LogP contribution in [0, 0.1) is 0 Å². The zero-order valence-corrected chi connectivity index (χ0v) is 21.6. The highest BCUT2D eigenvalue weighted by atomic mass is 16.5. The molecular formula is C27H34N6O4. The van der Waals surface area contributed by atoms with Gasteiger partial charge < -0.3 is 19.7 Å². The van der Waals surface area contributed by atoms with E-state index in [1.165, 1.54) is 11.2 Å². The Hall–Kier alpha value is -3.95. The minimum absolute atomic E-state index is 0.139. The average molecular weight is 507 g/mol. The Balaban J connectivity index is 1.49. The van der Waals surface area contributed by atoms with Crippen molar-refractivity contribution in [3.05, 3.63) is 54.1 Å². The van der Waals surface area contributed by atoms with Crippen molar-refractivity contribution in [1.82, 2.24) is 30.4 Å². The molecule has 10 nitrogen and oxygen atoms in total. The van der Waals surface area contributed by atoms with Gasteiger partial charge in [0.25, 0.3) is 0 Å². The SMILES string of the molecule is COc1ccc(CN(C(=O)Cn2nnc(-c3ccc(OC)cc3)n2)C(C)C(=O)NC2CCCCC2)cc1. The van der Waals surface area contributed by atoms with E-state index in [4.69, 9.17) is 9.47 Å². The molecule has 0 bridgehead atoms. The molecule has 10 heteroatoms. The quantitative estimate of drug-likeness (QED) is 0.449. The number of carbonyl (C=O) groups excluding carboxylic acids is 2. The number of ether oxygens (including phenoxy) is 2. The third-order valence-corrected chi connectivity index (χ3v) is 6.71. The number of amides is 2. The fraction of sp³-hybridized carbons (Fsp3) is 0.444. The van der Waals surface area contributed by atoms with E-state index in [-0.39, 0.29) is 30.9 Å². The van der Waals surface area contributed by atoms with E-state index in [9.17, 15) is 9.59 Å². The zero-order valence-electron chi connectivity index (χ0n) is 21.6. The van der Waals surface area contributed by atoms with Gasteiger partial charge in [-0.25, -0.2) is 0 Å². The van der Waals surface area contributed by atoms with Gasteiger partial charge in [-0.05, 0) is 66.9 Å². The first-order chi connectivity index (χ1) is 18.0. The van der Waals surface area contributed by atoms with Crippen LogP contribution in [0.1, 0.15) is 44.6 Å². The summed E-state index contributed by atoms with van der Waals surface area (Å²) in [5.74, 6) is 1.42. The molecule has 0 saturated heterocycles. The monoisotopic (exact) mass is 506 g/mol. The van der Waals surface area contributed by atoms with Crippen molar-refractivity contribution in [2.24, 2.45) is 0 Å². The molecule has 196 valence electrons. The van der Waals surface area contributed by atoms with E-state index in [0.717, 1.165) is 48.3 Å². The molecule has 1 fully saturated rings. The molecule has 1 atom stereocenters. The van der Waals surface area contributed by atoms with E-state index >= 15 is 0 Å². The number of methoxy groups -OCH3 is 2. The molecule has 1 aliphatic carbocycles. The van der Waals surface area contributed by atoms with Crippen LogP contribution < -0.4 is 14.8 Å². The van der Waals surface area contributed by atoms with Crippen LogP contribution in [0.3, 0.4) is 0 Å². The minimum Gasteiger partial charge on any atom is -0.497 e. The Morgan fingerprint density at radius 3 is 2.24 bits per heavy atom. The molecule has 0 aliphatic heterocycles. The Bertz CT molecular complexity index is 1170. The van der Waals surface area contributed by atoms with Gasteiger partial charge in [0.15, 0.2) is 0 Å². The molecule has 2 aromatic carbocycles. The normalized spacial score (nSPS) is 14.6. The molecule has 4 rings (SSSR count). The van der Waals surface area contributed by atoms with Gasteiger partial charge in [-0.1, -0.05) is 31.4 Å². The van der Waals surface area contributed by atoms with Crippen LogP contribution in [-0.4, -0.2) is 63.2 Å². The van der Waals surface area contributed by atoms with Gasteiger partial charge in [0.1, 0.15) is 24.1 Å². The summed E-state index contributed by atoms with van der Waals surface area (Å²) in [4.78, 5) is 29.5. The Morgan fingerprint density at radius 2 is 1.62 bits per heavy atom. The minimum atomic E-state index is -0.666. The Morgan fingerprint density at radius 1 is 1.00 bits per heavy atom. The van der Waals surface area contributed by atoms with Crippen molar-refractivity contribution in [2.45, 2.75) is 64.2 Å². The lowest BCUT2D eigenvalue weighted by molar-refractivity contribution is -0.141. The van der Waals surface area contributed by atoms with Crippen LogP contribution in [0.15, 0.2) is 48.5 Å². The second kappa shape index (κ2) is 12.3. The maximum atomic E-state index is 13.5. The number of carbonyl (C=O) groups is 2. The highest BCUT2D eigenvalue weighted by Crippen LogP contribution is 2.20. The van der Waals surface area contributed by atoms with Crippen LogP contribution in [0.25, 0.3) is 11.4 Å². The van der Waals surface area contributed by atoms with E-state index in [2.05, 4.69) is 20.7 Å². The highest BCUT2D eigenvalue weighted by molar-refractivity contribution is 5.87. The lowest BCUT2D eigenvalue weighted by Crippen LogP contribution is -2.51. The van der Waals surface area contributed by atoms with Crippen molar-refractivity contribution >= 4 is 11.8 Å². The molecule has 1 aromatic heterocycles. The van der Waals surface area contributed by atoms with Crippen molar-refractivity contribution < 1.29 is 19.1 Å². The first-order valence-electron chi connectivity index (χ1n) is 12.6. The predicted molar refractivity (Wildman–Crippen MR) is 138 cm³/mol. The van der Waals surface area contributed by atoms with Crippen LogP contribution >= 0.6 is 0 Å². The van der Waals surface area contributed by atoms with Gasteiger partial charge in [0.05, 0.1) is 14.2 Å². The molecule has 0 spiro atoms. The average Bonchev–Trinajstić information content (AvgIpc) is 3.40. The van der Waals surface area contributed by atoms with E-state index < -0.39 is 6.04 Å². The lowest BCUT2D eigenvalue weighted by atomic mass is 9.95. The number of aromatic nitrogens is 4. The number of nitrogens with zero attached hydrogens (tertiary/aromatic N) is 5. The second-order valence-corrected chi connectivity index (χ2v) is 9.26. The predicted octanol–water partition coefficient (Wildman–Crippen LogP) is 3.22. The molecule has 1 unspecified atom stereocenters. The van der Waals surface area contributed by atoms with Gasteiger partial charge in [0, 0.05) is 18.2 Å². The van der Waals surface area contributed by atoms with Gasteiger partial charge in [0.2, 0.25) is 17.6 Å². The number of hydrogen-bond donors (Lipinski definition) is 1. The summed E-state index contributed by atoms with van der Waals surface area (Å²) in [5.41, 5.74) is 1.65. The molecule has 1 aliphatic rings. The number of nitrogens with one attached hydrogen (secondary N) is 1. The Labute approximate surface area is 216 Å². The number of tetrazole rings is 1. The molecular weight excluding hydrogens is 472 g/mol. The number of rotatable bonds is 10. The third-order valence-electron chi connectivity index (χ3n) is 6.71. The van der Waals surface area contributed by atoms with Gasteiger partial charge in [-0.2, -0.15) is 4.80 Å². The van der Waals surface area contributed by atoms with Crippen LogP contribution in [0.4, 0.5) is 0 Å². The largest absolute Gasteiger partial charge is 0.497 e. The topological polar surface area (TPSA) is 111 Å². The van der Waals surface area contributed by atoms with Crippen molar-refractivity contribution in [3.8, 4) is 22.9 Å². The maximum Gasteiger partial charge on any atom is 0.247 e. The fourth-order valence-electron chi connectivity index (χ4n) is 4.46. The summed E-state index contributed by atoms with van der Waals surface area (Å²) < 4.78 is 10.4. The first kappa shape index (κ1) is 26.1. The van der Waals surface area contributed by atoms with Gasteiger partial charge in [-0.3, -0.25) is 9.59 Å². The van der Waals surface area contributed by atoms with Crippen LogP contribution in [-0.2, 0) is 22.7 Å². The Kier molecular flexibility index (Phi) is 8.71. The third kappa shape index (κ3) is 6.84. The van der Waals surface area contributed by atoms with E-state index in [0.29, 0.717) is 5.82 Å². The highest BCUT2D eigenvalue weighted by Gasteiger charge is 2.28. The summed E-state index contributed by atoms with van der Waals surface area (Å²) in [6.07, 6.45) is 5.38. The van der Waals surface area contributed by atoms with Crippen molar-refractivity contribution in [3.63, 3.8) is 0 Å². The summed E-state index contributed by atoms with van der Waals surface area (Å²) in [6.45, 7) is 1.89. The summed E-state index contributed by atoms with van der Waals surface area (Å²) in [6, 6.07) is 14.2. The summed E-state index contributed by atoms with van der Waals surface area (Å²) >= 11 is 0. The molecule has 1 N–H and O–H groups in total. The molecule has 0 radical (unpaired) electrons.